The van der Waals surface area contributed by atoms with Gasteiger partial charge in [0, 0.05) is 13.2 Å². The number of halogens is 1. The van der Waals surface area contributed by atoms with Crippen molar-refractivity contribution in [3.63, 3.8) is 0 Å². The van der Waals surface area contributed by atoms with Crippen LogP contribution in [0.4, 0.5) is 10.1 Å². The van der Waals surface area contributed by atoms with Crippen molar-refractivity contribution in [2.75, 3.05) is 30.6 Å². The average molecular weight is 569 g/mol. The minimum atomic E-state index is -4.11. The van der Waals surface area contributed by atoms with Crippen LogP contribution in [0.2, 0.25) is 0 Å². The number of nitrogens with zero attached hydrogens (tertiary/aromatic N) is 2. The van der Waals surface area contributed by atoms with Gasteiger partial charge in [0.25, 0.3) is 21.8 Å². The molecule has 1 aliphatic heterocycles. The number of carbonyl (C=O) groups excluding carboxylic acids is 2. The number of benzene rings is 3. The van der Waals surface area contributed by atoms with E-state index in [-0.39, 0.29) is 29.2 Å². The fourth-order valence-corrected chi connectivity index (χ4v) is 5.31. The Labute approximate surface area is 231 Å². The first-order valence-electron chi connectivity index (χ1n) is 12.6. The lowest BCUT2D eigenvalue weighted by Gasteiger charge is -2.23. The van der Waals surface area contributed by atoms with Crippen LogP contribution in [0.5, 0.6) is 5.75 Å². The Morgan fingerprint density at radius 2 is 1.75 bits per heavy atom. The fraction of sp³-hybridized carbons (Fsp3) is 0.250. The van der Waals surface area contributed by atoms with Crippen LogP contribution in [0.1, 0.15) is 18.4 Å². The molecule has 4 rings (SSSR count). The van der Waals surface area contributed by atoms with Crippen LogP contribution >= 0.6 is 0 Å². The molecule has 0 bridgehead atoms. The van der Waals surface area contributed by atoms with Crippen molar-refractivity contribution < 1.29 is 31.9 Å². The molecular weight excluding hydrogens is 539 g/mol. The summed E-state index contributed by atoms with van der Waals surface area (Å²) in [6.45, 7) is 0.471. The molecule has 10 nitrogen and oxygen atoms in total. The fourth-order valence-electron chi connectivity index (χ4n) is 3.87. The Bertz CT molecular complexity index is 1410. The third-order valence-corrected chi connectivity index (χ3v) is 7.72. The molecule has 0 spiro atoms. The largest absolute Gasteiger partial charge is 0.484 e. The van der Waals surface area contributed by atoms with Gasteiger partial charge < -0.3 is 14.8 Å². The molecule has 2 N–H and O–H groups in total. The van der Waals surface area contributed by atoms with Gasteiger partial charge in [-0.25, -0.2) is 18.2 Å². The number of anilines is 1. The van der Waals surface area contributed by atoms with Crippen LogP contribution in [0.25, 0.3) is 0 Å². The van der Waals surface area contributed by atoms with E-state index in [0.29, 0.717) is 17.9 Å². The first kappa shape index (κ1) is 28.7. The van der Waals surface area contributed by atoms with Crippen LogP contribution < -0.4 is 19.8 Å². The number of rotatable bonds is 12. The number of ether oxygens (including phenoxy) is 2. The van der Waals surface area contributed by atoms with E-state index >= 15 is 0 Å². The van der Waals surface area contributed by atoms with E-state index in [1.165, 1.54) is 30.5 Å². The highest BCUT2D eigenvalue weighted by Crippen LogP contribution is 2.23. The highest BCUT2D eigenvalue weighted by molar-refractivity contribution is 7.92. The average Bonchev–Trinajstić information content (AvgIpc) is 3.49. The molecule has 1 fully saturated rings. The summed E-state index contributed by atoms with van der Waals surface area (Å²) in [5.74, 6) is -1.000. The zero-order valence-corrected chi connectivity index (χ0v) is 22.3. The Morgan fingerprint density at radius 3 is 2.42 bits per heavy atom. The normalized spacial score (nSPS) is 15.1. The maximum Gasteiger partial charge on any atom is 0.264 e. The van der Waals surface area contributed by atoms with Crippen molar-refractivity contribution in [2.24, 2.45) is 5.10 Å². The Kier molecular flexibility index (Phi) is 9.81. The number of amides is 2. The molecule has 12 heteroatoms. The van der Waals surface area contributed by atoms with E-state index in [2.05, 4.69) is 15.8 Å². The number of sulfonamides is 1. The van der Waals surface area contributed by atoms with Gasteiger partial charge in [0.15, 0.2) is 6.61 Å². The van der Waals surface area contributed by atoms with Crippen molar-refractivity contribution in [1.29, 1.82) is 0 Å². The van der Waals surface area contributed by atoms with E-state index in [0.717, 1.165) is 35.9 Å². The van der Waals surface area contributed by atoms with Crippen LogP contribution in [0.15, 0.2) is 88.9 Å². The minimum absolute atomic E-state index is 0.0155. The van der Waals surface area contributed by atoms with Gasteiger partial charge in [-0.2, -0.15) is 5.10 Å². The highest BCUT2D eigenvalue weighted by Gasteiger charge is 2.27. The number of hydrogen-bond donors (Lipinski definition) is 2. The quantitative estimate of drug-likeness (QED) is 0.256. The van der Waals surface area contributed by atoms with Crippen molar-refractivity contribution >= 4 is 33.7 Å². The Balaban J connectivity index is 1.31. The van der Waals surface area contributed by atoms with Crippen molar-refractivity contribution in [1.82, 2.24) is 10.7 Å². The first-order valence-corrected chi connectivity index (χ1v) is 14.0. The summed E-state index contributed by atoms with van der Waals surface area (Å²) in [5, 5.41) is 6.68. The number of nitrogens with one attached hydrogen (secondary N) is 2. The molecule has 1 saturated heterocycles. The summed E-state index contributed by atoms with van der Waals surface area (Å²) >= 11 is 0. The lowest BCUT2D eigenvalue weighted by Crippen LogP contribution is -2.39. The molecule has 1 aliphatic rings. The van der Waals surface area contributed by atoms with E-state index in [9.17, 15) is 22.4 Å². The van der Waals surface area contributed by atoms with Crippen LogP contribution in [-0.4, -0.2) is 58.9 Å². The molecule has 1 atom stereocenters. The van der Waals surface area contributed by atoms with Crippen LogP contribution in [0.3, 0.4) is 0 Å². The summed E-state index contributed by atoms with van der Waals surface area (Å²) < 4.78 is 51.8. The van der Waals surface area contributed by atoms with Gasteiger partial charge >= 0.3 is 0 Å². The highest BCUT2D eigenvalue weighted by atomic mass is 32.2. The summed E-state index contributed by atoms with van der Waals surface area (Å²) in [5.41, 5.74) is 3.07. The summed E-state index contributed by atoms with van der Waals surface area (Å²) in [6, 6.07) is 19.1. The molecule has 1 heterocycles. The van der Waals surface area contributed by atoms with E-state index in [4.69, 9.17) is 9.47 Å². The van der Waals surface area contributed by atoms with Gasteiger partial charge in [0.2, 0.25) is 0 Å². The number of carbonyl (C=O) groups is 2. The molecule has 3 aromatic rings. The predicted octanol–water partition coefficient (Wildman–Crippen LogP) is 2.85. The van der Waals surface area contributed by atoms with Crippen molar-refractivity contribution in [3.05, 3.63) is 90.2 Å². The Morgan fingerprint density at radius 1 is 1.02 bits per heavy atom. The molecule has 0 unspecified atom stereocenters. The zero-order chi connectivity index (χ0) is 28.4. The third-order valence-electron chi connectivity index (χ3n) is 5.94. The zero-order valence-electron chi connectivity index (χ0n) is 21.5. The second-order valence-corrected chi connectivity index (χ2v) is 10.8. The monoisotopic (exact) mass is 568 g/mol. The van der Waals surface area contributed by atoms with E-state index in [1.807, 2.05) is 0 Å². The van der Waals surface area contributed by atoms with Gasteiger partial charge in [-0.1, -0.05) is 18.2 Å². The molecule has 0 aromatic heterocycles. The second-order valence-electron chi connectivity index (χ2n) is 8.89. The molecule has 210 valence electrons. The maximum absolute atomic E-state index is 13.5. The molecule has 0 aliphatic carbocycles. The van der Waals surface area contributed by atoms with Crippen molar-refractivity contribution in [2.45, 2.75) is 23.8 Å². The van der Waals surface area contributed by atoms with Crippen LogP contribution in [-0.2, 0) is 24.3 Å². The smallest absolute Gasteiger partial charge is 0.264 e. The van der Waals surface area contributed by atoms with Gasteiger partial charge in [-0.05, 0) is 79.1 Å². The van der Waals surface area contributed by atoms with Gasteiger partial charge in [-0.15, -0.1) is 0 Å². The first-order chi connectivity index (χ1) is 19.3. The molecule has 3 aromatic carbocycles. The standard InChI is InChI=1S/C28H29FN4O6S/c29-22-10-12-23(13-11-22)33(40(36,37)26-6-2-1-3-7-26)19-27(34)32-31-17-21-8-14-24(15-9-21)39-20-28(35)30-18-25-5-4-16-38-25/h1-3,6-15,17,25H,4-5,16,18-20H2,(H,30,35)(H,32,34)/b31-17-/t25-/m1/s1. The van der Waals surface area contributed by atoms with Crippen LogP contribution in [0, 0.1) is 5.82 Å². The number of hydrazone groups is 1. The molecule has 0 saturated carbocycles. The molecular formula is C28H29FN4O6S. The molecule has 40 heavy (non-hydrogen) atoms. The predicted molar refractivity (Wildman–Crippen MR) is 147 cm³/mol. The van der Waals surface area contributed by atoms with Gasteiger partial charge in [0.1, 0.15) is 18.1 Å². The molecule has 0 radical (unpaired) electrons. The maximum atomic E-state index is 13.5. The SMILES string of the molecule is O=C(COc1ccc(/C=N\NC(=O)CN(c2ccc(F)cc2)S(=O)(=O)c2ccccc2)cc1)NC[C@H]1CCCO1. The topological polar surface area (TPSA) is 126 Å². The summed E-state index contributed by atoms with van der Waals surface area (Å²) in [7, 11) is -4.11. The van der Waals surface area contributed by atoms with E-state index in [1.54, 1.807) is 42.5 Å². The molecule has 2 amide bonds. The van der Waals surface area contributed by atoms with Gasteiger partial charge in [-0.3, -0.25) is 13.9 Å². The Hall–Kier alpha value is -4.29. The second kappa shape index (κ2) is 13.7. The number of hydrogen-bond acceptors (Lipinski definition) is 7. The lowest BCUT2D eigenvalue weighted by molar-refractivity contribution is -0.123. The minimum Gasteiger partial charge on any atom is -0.484 e. The third kappa shape index (κ3) is 8.10. The lowest BCUT2D eigenvalue weighted by atomic mass is 10.2. The van der Waals surface area contributed by atoms with Gasteiger partial charge in [0.05, 0.1) is 22.9 Å². The van der Waals surface area contributed by atoms with Crippen molar-refractivity contribution in [3.8, 4) is 5.75 Å². The van der Waals surface area contributed by atoms with E-state index < -0.39 is 28.3 Å². The summed E-state index contributed by atoms with van der Waals surface area (Å²) in [6.07, 6.45) is 3.37. The summed E-state index contributed by atoms with van der Waals surface area (Å²) in [4.78, 5) is 24.6.